The first-order valence-corrected chi connectivity index (χ1v) is 7.63. The molecule has 0 aliphatic heterocycles. The average molecular weight is 334 g/mol. The highest BCUT2D eigenvalue weighted by atomic mass is 79.9. The second kappa shape index (κ2) is 7.46. The Morgan fingerprint density at radius 2 is 1.70 bits per heavy atom. The molecule has 0 unspecified atom stereocenters. The van der Waals surface area contributed by atoms with Crippen molar-refractivity contribution in [2.75, 3.05) is 13.2 Å². The van der Waals surface area contributed by atoms with Gasteiger partial charge in [-0.3, -0.25) is 0 Å². The zero-order valence-electron chi connectivity index (χ0n) is 11.9. The number of hydrogen-bond donors (Lipinski definition) is 1. The van der Waals surface area contributed by atoms with Crippen LogP contribution in [0.25, 0.3) is 0 Å². The van der Waals surface area contributed by atoms with Crippen LogP contribution in [0.2, 0.25) is 0 Å². The fourth-order valence-corrected chi connectivity index (χ4v) is 2.21. The van der Waals surface area contributed by atoms with Gasteiger partial charge in [0.25, 0.3) is 0 Å². The molecule has 3 heteroatoms. The lowest BCUT2D eigenvalue weighted by molar-refractivity contribution is 0.307. The Balaban J connectivity index is 1.72. The molecule has 2 rings (SSSR count). The lowest BCUT2D eigenvalue weighted by Crippen LogP contribution is -2.24. The van der Waals surface area contributed by atoms with Crippen molar-refractivity contribution in [2.24, 2.45) is 0 Å². The minimum atomic E-state index is 0.337. The molecule has 2 aromatic carbocycles. The summed E-state index contributed by atoms with van der Waals surface area (Å²) in [6.07, 6.45) is 0. The van der Waals surface area contributed by atoms with E-state index in [-0.39, 0.29) is 0 Å². The van der Waals surface area contributed by atoms with E-state index >= 15 is 0 Å². The monoisotopic (exact) mass is 333 g/mol. The summed E-state index contributed by atoms with van der Waals surface area (Å²) < 4.78 is 6.75. The molecule has 0 spiro atoms. The van der Waals surface area contributed by atoms with Crippen molar-refractivity contribution in [3.63, 3.8) is 0 Å². The van der Waals surface area contributed by atoms with Crippen LogP contribution in [-0.2, 0) is 0 Å². The van der Waals surface area contributed by atoms with Crippen LogP contribution in [0, 0.1) is 6.92 Å². The molecule has 1 atom stereocenters. The van der Waals surface area contributed by atoms with E-state index < -0.39 is 0 Å². The molecule has 0 bridgehead atoms. The number of benzene rings is 2. The SMILES string of the molecule is Cc1ccc([C@@H](C)NCCOc2ccc(Br)cc2)cc1. The van der Waals surface area contributed by atoms with Crippen molar-refractivity contribution in [1.82, 2.24) is 5.32 Å². The minimum Gasteiger partial charge on any atom is -0.492 e. The first kappa shape index (κ1) is 15.1. The summed E-state index contributed by atoms with van der Waals surface area (Å²) in [5.41, 5.74) is 2.60. The summed E-state index contributed by atoms with van der Waals surface area (Å²) >= 11 is 3.41. The predicted octanol–water partition coefficient (Wildman–Crippen LogP) is 4.49. The topological polar surface area (TPSA) is 21.3 Å². The van der Waals surface area contributed by atoms with Gasteiger partial charge < -0.3 is 10.1 Å². The van der Waals surface area contributed by atoms with E-state index in [9.17, 15) is 0 Å². The summed E-state index contributed by atoms with van der Waals surface area (Å²) in [6.45, 7) is 5.77. The Morgan fingerprint density at radius 3 is 2.35 bits per heavy atom. The molecular formula is C17H20BrNO. The van der Waals surface area contributed by atoms with Gasteiger partial charge in [0.05, 0.1) is 0 Å². The molecule has 106 valence electrons. The Bertz CT molecular complexity index is 522. The van der Waals surface area contributed by atoms with Crippen molar-refractivity contribution in [3.8, 4) is 5.75 Å². The van der Waals surface area contributed by atoms with Crippen molar-refractivity contribution in [1.29, 1.82) is 0 Å². The van der Waals surface area contributed by atoms with Crippen LogP contribution in [0.1, 0.15) is 24.1 Å². The molecule has 0 aromatic heterocycles. The van der Waals surface area contributed by atoms with Crippen molar-refractivity contribution >= 4 is 15.9 Å². The minimum absolute atomic E-state index is 0.337. The molecule has 20 heavy (non-hydrogen) atoms. The van der Waals surface area contributed by atoms with Gasteiger partial charge in [0, 0.05) is 17.1 Å². The smallest absolute Gasteiger partial charge is 0.119 e. The number of hydrogen-bond acceptors (Lipinski definition) is 2. The Kier molecular flexibility index (Phi) is 5.62. The largest absolute Gasteiger partial charge is 0.492 e. The average Bonchev–Trinajstić information content (AvgIpc) is 2.46. The van der Waals surface area contributed by atoms with E-state index in [1.807, 2.05) is 24.3 Å². The van der Waals surface area contributed by atoms with Crippen LogP contribution >= 0.6 is 15.9 Å². The molecule has 0 aliphatic carbocycles. The van der Waals surface area contributed by atoms with Crippen LogP contribution in [0.5, 0.6) is 5.75 Å². The van der Waals surface area contributed by atoms with Gasteiger partial charge in [0.2, 0.25) is 0 Å². The maximum Gasteiger partial charge on any atom is 0.119 e. The summed E-state index contributed by atoms with van der Waals surface area (Å²) in [5, 5.41) is 3.47. The number of ether oxygens (including phenoxy) is 1. The van der Waals surface area contributed by atoms with E-state index in [0.29, 0.717) is 12.6 Å². The first-order valence-electron chi connectivity index (χ1n) is 6.83. The summed E-state index contributed by atoms with van der Waals surface area (Å²) in [7, 11) is 0. The van der Waals surface area contributed by atoms with Gasteiger partial charge in [-0.25, -0.2) is 0 Å². The molecule has 0 saturated carbocycles. The van der Waals surface area contributed by atoms with Crippen molar-refractivity contribution in [3.05, 3.63) is 64.1 Å². The molecule has 0 amide bonds. The molecule has 2 nitrogen and oxygen atoms in total. The number of rotatable bonds is 6. The van der Waals surface area contributed by atoms with Crippen LogP contribution in [0.4, 0.5) is 0 Å². The maximum atomic E-state index is 5.68. The third-order valence-electron chi connectivity index (χ3n) is 3.21. The zero-order valence-corrected chi connectivity index (χ0v) is 13.5. The van der Waals surface area contributed by atoms with Crippen LogP contribution in [0.15, 0.2) is 53.0 Å². The Hall–Kier alpha value is -1.32. The lowest BCUT2D eigenvalue weighted by atomic mass is 10.1. The quantitative estimate of drug-likeness (QED) is 0.786. The van der Waals surface area contributed by atoms with Gasteiger partial charge in [0.15, 0.2) is 0 Å². The van der Waals surface area contributed by atoms with Crippen LogP contribution < -0.4 is 10.1 Å². The number of nitrogens with one attached hydrogen (secondary N) is 1. The van der Waals surface area contributed by atoms with Crippen molar-refractivity contribution in [2.45, 2.75) is 19.9 Å². The highest BCUT2D eigenvalue weighted by Crippen LogP contribution is 2.16. The van der Waals surface area contributed by atoms with E-state index in [0.717, 1.165) is 16.8 Å². The summed E-state index contributed by atoms with van der Waals surface area (Å²) in [6, 6.07) is 16.9. The third-order valence-corrected chi connectivity index (χ3v) is 3.74. The van der Waals surface area contributed by atoms with Crippen LogP contribution in [0.3, 0.4) is 0 Å². The fraction of sp³-hybridized carbons (Fsp3) is 0.294. The first-order chi connectivity index (χ1) is 9.65. The van der Waals surface area contributed by atoms with E-state index in [4.69, 9.17) is 4.74 Å². The van der Waals surface area contributed by atoms with Gasteiger partial charge in [-0.15, -0.1) is 0 Å². The lowest BCUT2D eigenvalue weighted by Gasteiger charge is -2.15. The van der Waals surface area contributed by atoms with E-state index in [2.05, 4.69) is 59.4 Å². The van der Waals surface area contributed by atoms with E-state index in [1.54, 1.807) is 0 Å². The molecule has 2 aromatic rings. The second-order valence-electron chi connectivity index (χ2n) is 4.89. The van der Waals surface area contributed by atoms with Gasteiger partial charge in [0.1, 0.15) is 12.4 Å². The highest BCUT2D eigenvalue weighted by molar-refractivity contribution is 9.10. The zero-order chi connectivity index (χ0) is 14.4. The predicted molar refractivity (Wildman–Crippen MR) is 87.2 cm³/mol. The number of halogens is 1. The van der Waals surface area contributed by atoms with E-state index in [1.165, 1.54) is 11.1 Å². The third kappa shape index (κ3) is 4.66. The van der Waals surface area contributed by atoms with Gasteiger partial charge in [-0.05, 0) is 43.7 Å². The molecular weight excluding hydrogens is 314 g/mol. The molecule has 0 aliphatic rings. The van der Waals surface area contributed by atoms with Gasteiger partial charge in [-0.2, -0.15) is 0 Å². The standard InChI is InChI=1S/C17H20BrNO/c1-13-3-5-15(6-4-13)14(2)19-11-12-20-17-9-7-16(18)8-10-17/h3-10,14,19H,11-12H2,1-2H3/t14-/m1/s1. The molecule has 0 heterocycles. The normalized spacial score (nSPS) is 12.2. The molecule has 0 saturated heterocycles. The Labute approximate surface area is 129 Å². The summed E-state index contributed by atoms with van der Waals surface area (Å²) in [5.74, 6) is 0.901. The number of aryl methyl sites for hydroxylation is 1. The molecule has 0 fully saturated rings. The highest BCUT2D eigenvalue weighted by Gasteiger charge is 2.03. The summed E-state index contributed by atoms with van der Waals surface area (Å²) in [4.78, 5) is 0. The van der Waals surface area contributed by atoms with Crippen molar-refractivity contribution < 1.29 is 4.74 Å². The molecule has 0 radical (unpaired) electrons. The Morgan fingerprint density at radius 1 is 1.05 bits per heavy atom. The molecule has 1 N–H and O–H groups in total. The second-order valence-corrected chi connectivity index (χ2v) is 5.80. The van der Waals surface area contributed by atoms with Gasteiger partial charge in [-0.1, -0.05) is 45.8 Å². The van der Waals surface area contributed by atoms with Gasteiger partial charge >= 0.3 is 0 Å². The maximum absolute atomic E-state index is 5.68. The fourth-order valence-electron chi connectivity index (χ4n) is 1.95. The van der Waals surface area contributed by atoms with Crippen LogP contribution in [-0.4, -0.2) is 13.2 Å².